The number of aliphatic hydroxyl groups excluding tert-OH is 1. The highest BCUT2D eigenvalue weighted by atomic mass is 16.5. The first kappa shape index (κ1) is 12.4. The Kier molecular flexibility index (Phi) is 5.01. The number of carboxylic acids is 1. The predicted molar refractivity (Wildman–Crippen MR) is 54.7 cm³/mol. The summed E-state index contributed by atoms with van der Waals surface area (Å²) in [7, 11) is 0. The molecule has 2 atom stereocenters. The molecule has 88 valence electrons. The van der Waals surface area contributed by atoms with Gasteiger partial charge in [-0.2, -0.15) is 0 Å². The summed E-state index contributed by atoms with van der Waals surface area (Å²) in [5.41, 5.74) is 0. The van der Waals surface area contributed by atoms with Gasteiger partial charge >= 0.3 is 5.97 Å². The molecule has 1 aliphatic heterocycles. The van der Waals surface area contributed by atoms with Gasteiger partial charge in [0.2, 0.25) is 0 Å². The first-order chi connectivity index (χ1) is 7.08. The fourth-order valence-corrected chi connectivity index (χ4v) is 1.67. The average Bonchev–Trinajstić information content (AvgIpc) is 2.14. The van der Waals surface area contributed by atoms with E-state index in [0.29, 0.717) is 13.2 Å². The summed E-state index contributed by atoms with van der Waals surface area (Å²) in [6.45, 7) is 4.62. The maximum Gasteiger partial charge on any atom is 0.306 e. The number of morpholine rings is 1. The van der Waals surface area contributed by atoms with Crippen molar-refractivity contribution in [3.63, 3.8) is 0 Å². The zero-order valence-electron chi connectivity index (χ0n) is 9.06. The van der Waals surface area contributed by atoms with Crippen LogP contribution < -0.4 is 0 Å². The van der Waals surface area contributed by atoms with Crippen LogP contribution in [0.15, 0.2) is 0 Å². The lowest BCUT2D eigenvalue weighted by atomic mass is 10.2. The summed E-state index contributed by atoms with van der Waals surface area (Å²) in [5, 5.41) is 17.8. The van der Waals surface area contributed by atoms with Gasteiger partial charge < -0.3 is 14.9 Å². The van der Waals surface area contributed by atoms with Crippen molar-refractivity contribution >= 4 is 5.97 Å². The van der Waals surface area contributed by atoms with Gasteiger partial charge in [0.1, 0.15) is 0 Å². The molecule has 1 rings (SSSR count). The molecule has 5 nitrogen and oxygen atoms in total. The monoisotopic (exact) mass is 217 g/mol. The summed E-state index contributed by atoms with van der Waals surface area (Å²) in [5.74, 6) is -0.822. The molecule has 1 saturated heterocycles. The van der Waals surface area contributed by atoms with Crippen molar-refractivity contribution in [1.29, 1.82) is 0 Å². The number of carboxylic acid groups (broad SMARTS) is 1. The Morgan fingerprint density at radius 2 is 2.40 bits per heavy atom. The van der Waals surface area contributed by atoms with E-state index in [1.54, 1.807) is 6.92 Å². The first-order valence-corrected chi connectivity index (χ1v) is 5.31. The molecule has 1 heterocycles. The maximum absolute atomic E-state index is 10.5. The summed E-state index contributed by atoms with van der Waals surface area (Å²) >= 11 is 0. The van der Waals surface area contributed by atoms with E-state index >= 15 is 0 Å². The Hall–Kier alpha value is -0.650. The Morgan fingerprint density at radius 3 is 3.00 bits per heavy atom. The molecule has 0 aromatic carbocycles. The largest absolute Gasteiger partial charge is 0.481 e. The molecule has 0 radical (unpaired) electrons. The number of ether oxygens (including phenoxy) is 1. The number of rotatable bonds is 5. The van der Waals surface area contributed by atoms with Crippen LogP contribution in [-0.4, -0.2) is 59.5 Å². The zero-order valence-corrected chi connectivity index (χ0v) is 9.06. The number of carbonyl (C=O) groups is 1. The average molecular weight is 217 g/mol. The molecule has 5 heteroatoms. The molecule has 1 aliphatic rings. The van der Waals surface area contributed by atoms with Crippen LogP contribution in [0.4, 0.5) is 0 Å². The highest BCUT2D eigenvalue weighted by Crippen LogP contribution is 2.09. The van der Waals surface area contributed by atoms with Crippen LogP contribution in [0.1, 0.15) is 19.8 Å². The highest BCUT2D eigenvalue weighted by molar-refractivity contribution is 5.67. The molecule has 0 amide bonds. The molecule has 0 aliphatic carbocycles. The molecular formula is C10H19NO4. The second kappa shape index (κ2) is 6.05. The number of hydrogen-bond acceptors (Lipinski definition) is 4. The summed E-state index contributed by atoms with van der Waals surface area (Å²) in [6.07, 6.45) is 0.279. The van der Waals surface area contributed by atoms with Crippen molar-refractivity contribution in [2.75, 3.05) is 26.2 Å². The maximum atomic E-state index is 10.5. The van der Waals surface area contributed by atoms with Crippen LogP contribution in [0, 0.1) is 0 Å². The molecule has 0 aromatic rings. The van der Waals surface area contributed by atoms with Crippen LogP contribution in [0.5, 0.6) is 0 Å². The van der Waals surface area contributed by atoms with Crippen LogP contribution in [0.25, 0.3) is 0 Å². The topological polar surface area (TPSA) is 70.0 Å². The summed E-state index contributed by atoms with van der Waals surface area (Å²) in [6, 6.07) is 0. The Balaban J connectivity index is 2.25. The second-order valence-electron chi connectivity index (χ2n) is 4.03. The van der Waals surface area contributed by atoms with E-state index in [4.69, 9.17) is 14.9 Å². The van der Waals surface area contributed by atoms with Crippen LogP contribution >= 0.6 is 0 Å². The minimum absolute atomic E-state index is 0.0607. The molecule has 2 unspecified atom stereocenters. The van der Waals surface area contributed by atoms with E-state index in [-0.39, 0.29) is 18.6 Å². The SMILES string of the molecule is CC(O)CCN1CCOC(CC(=O)O)C1. The minimum Gasteiger partial charge on any atom is -0.481 e. The number of nitrogens with zero attached hydrogens (tertiary/aromatic N) is 1. The Labute approximate surface area is 89.6 Å². The van der Waals surface area contributed by atoms with Gasteiger partial charge in [-0.1, -0.05) is 0 Å². The van der Waals surface area contributed by atoms with Gasteiger partial charge in [0, 0.05) is 19.6 Å². The van der Waals surface area contributed by atoms with E-state index < -0.39 is 5.97 Å². The Bertz CT molecular complexity index is 208. The van der Waals surface area contributed by atoms with Crippen molar-refractivity contribution in [1.82, 2.24) is 4.90 Å². The molecule has 1 fully saturated rings. The molecule has 0 saturated carbocycles. The molecular weight excluding hydrogens is 198 g/mol. The van der Waals surface area contributed by atoms with Gasteiger partial charge in [-0.05, 0) is 13.3 Å². The normalized spacial score (nSPS) is 25.1. The quantitative estimate of drug-likeness (QED) is 0.674. The minimum atomic E-state index is -0.822. The van der Waals surface area contributed by atoms with Crippen LogP contribution in [-0.2, 0) is 9.53 Å². The second-order valence-corrected chi connectivity index (χ2v) is 4.03. The smallest absolute Gasteiger partial charge is 0.306 e. The van der Waals surface area contributed by atoms with E-state index in [1.807, 2.05) is 0 Å². The molecule has 0 bridgehead atoms. The first-order valence-electron chi connectivity index (χ1n) is 5.31. The van der Waals surface area contributed by atoms with Gasteiger partial charge in [-0.25, -0.2) is 0 Å². The highest BCUT2D eigenvalue weighted by Gasteiger charge is 2.22. The van der Waals surface area contributed by atoms with E-state index in [2.05, 4.69) is 4.90 Å². The van der Waals surface area contributed by atoms with Crippen molar-refractivity contribution < 1.29 is 19.7 Å². The summed E-state index contributed by atoms with van der Waals surface area (Å²) < 4.78 is 5.34. The van der Waals surface area contributed by atoms with Gasteiger partial charge in [0.05, 0.1) is 25.2 Å². The van der Waals surface area contributed by atoms with E-state index in [0.717, 1.165) is 19.5 Å². The van der Waals surface area contributed by atoms with Crippen molar-refractivity contribution in [2.45, 2.75) is 32.0 Å². The number of hydrogen-bond donors (Lipinski definition) is 2. The number of aliphatic hydroxyl groups is 1. The van der Waals surface area contributed by atoms with Crippen molar-refractivity contribution in [3.8, 4) is 0 Å². The molecule has 2 N–H and O–H groups in total. The Morgan fingerprint density at radius 1 is 1.67 bits per heavy atom. The van der Waals surface area contributed by atoms with Gasteiger partial charge in [0.15, 0.2) is 0 Å². The third kappa shape index (κ3) is 5.11. The molecule has 0 spiro atoms. The molecule has 15 heavy (non-hydrogen) atoms. The number of aliphatic carboxylic acids is 1. The predicted octanol–water partition coefficient (Wildman–Crippen LogP) is -0.0672. The standard InChI is InChI=1S/C10H19NO4/c1-8(12)2-3-11-4-5-15-9(7-11)6-10(13)14/h8-9,12H,2-7H2,1H3,(H,13,14). The fraction of sp³-hybridized carbons (Fsp3) is 0.900. The van der Waals surface area contributed by atoms with Gasteiger partial charge in [-0.3, -0.25) is 9.69 Å². The van der Waals surface area contributed by atoms with Gasteiger partial charge in [0.25, 0.3) is 0 Å². The lowest BCUT2D eigenvalue weighted by molar-refractivity contribution is -0.142. The van der Waals surface area contributed by atoms with Crippen molar-refractivity contribution in [2.24, 2.45) is 0 Å². The van der Waals surface area contributed by atoms with E-state index in [9.17, 15) is 4.79 Å². The zero-order chi connectivity index (χ0) is 11.3. The van der Waals surface area contributed by atoms with Gasteiger partial charge in [-0.15, -0.1) is 0 Å². The third-order valence-electron chi connectivity index (χ3n) is 2.49. The lowest BCUT2D eigenvalue weighted by Gasteiger charge is -2.32. The van der Waals surface area contributed by atoms with Crippen LogP contribution in [0.3, 0.4) is 0 Å². The summed E-state index contributed by atoms with van der Waals surface area (Å²) in [4.78, 5) is 12.6. The third-order valence-corrected chi connectivity index (χ3v) is 2.49. The molecule has 0 aromatic heterocycles. The van der Waals surface area contributed by atoms with E-state index in [1.165, 1.54) is 0 Å². The van der Waals surface area contributed by atoms with Crippen LogP contribution in [0.2, 0.25) is 0 Å². The lowest BCUT2D eigenvalue weighted by Crippen LogP contribution is -2.44. The van der Waals surface area contributed by atoms with Crippen molar-refractivity contribution in [3.05, 3.63) is 0 Å². The fourth-order valence-electron chi connectivity index (χ4n) is 1.67.